The maximum atomic E-state index is 12.1. The van der Waals surface area contributed by atoms with Gasteiger partial charge in [-0.3, -0.25) is 4.40 Å². The fraction of sp³-hybridized carbons (Fsp3) is 0.571. The minimum atomic E-state index is -0.0420. The third-order valence-corrected chi connectivity index (χ3v) is 5.12. The number of hydrogen-bond donors (Lipinski definition) is 0. The van der Waals surface area contributed by atoms with Crippen molar-refractivity contribution < 1.29 is 0 Å². The molecule has 0 saturated carbocycles. The van der Waals surface area contributed by atoms with Crippen LogP contribution in [0.25, 0.3) is 5.65 Å². The van der Waals surface area contributed by atoms with Crippen LogP contribution in [-0.4, -0.2) is 50.2 Å². The topological polar surface area (TPSA) is 42.5 Å². The molecule has 1 aliphatic rings. The van der Waals surface area contributed by atoms with Crippen LogP contribution in [0.1, 0.15) is 12.8 Å². The second-order valence-corrected chi connectivity index (χ2v) is 6.35. The van der Waals surface area contributed by atoms with E-state index in [-0.39, 0.29) is 5.69 Å². The molecule has 1 aliphatic heterocycles. The predicted molar refractivity (Wildman–Crippen MR) is 82.4 cm³/mol. The molecule has 2 aromatic rings. The lowest BCUT2D eigenvalue weighted by molar-refractivity contribution is 0.220. The SMILES string of the molecule is CSC1CCN(CCn2nc3ccccn3c2=O)CC1. The summed E-state index contributed by atoms with van der Waals surface area (Å²) in [5, 5.41) is 5.17. The van der Waals surface area contributed by atoms with Crippen molar-refractivity contribution in [3.8, 4) is 0 Å². The van der Waals surface area contributed by atoms with Gasteiger partial charge >= 0.3 is 5.69 Å². The number of thioether (sulfide) groups is 1. The summed E-state index contributed by atoms with van der Waals surface area (Å²) < 4.78 is 3.18. The summed E-state index contributed by atoms with van der Waals surface area (Å²) in [5.41, 5.74) is 0.679. The van der Waals surface area contributed by atoms with Gasteiger partial charge in [0, 0.05) is 18.0 Å². The van der Waals surface area contributed by atoms with Gasteiger partial charge in [-0.2, -0.15) is 11.8 Å². The van der Waals surface area contributed by atoms with Gasteiger partial charge in [-0.25, -0.2) is 9.48 Å². The number of fused-ring (bicyclic) bond motifs is 1. The summed E-state index contributed by atoms with van der Waals surface area (Å²) >= 11 is 1.97. The summed E-state index contributed by atoms with van der Waals surface area (Å²) in [6, 6.07) is 5.62. The Balaban J connectivity index is 1.63. The van der Waals surface area contributed by atoms with Crippen molar-refractivity contribution in [2.24, 2.45) is 0 Å². The molecule has 5 nitrogen and oxygen atoms in total. The molecule has 3 heterocycles. The number of rotatable bonds is 4. The van der Waals surface area contributed by atoms with Crippen LogP contribution in [0, 0.1) is 0 Å². The van der Waals surface area contributed by atoms with Crippen molar-refractivity contribution in [3.05, 3.63) is 34.9 Å². The highest BCUT2D eigenvalue weighted by molar-refractivity contribution is 7.99. The highest BCUT2D eigenvalue weighted by atomic mass is 32.2. The lowest BCUT2D eigenvalue weighted by Gasteiger charge is -2.30. The normalized spacial score (nSPS) is 17.9. The molecule has 1 fully saturated rings. The third-order valence-electron chi connectivity index (χ3n) is 3.98. The minimum Gasteiger partial charge on any atom is -0.301 e. The molecule has 20 heavy (non-hydrogen) atoms. The molecule has 0 atom stereocenters. The highest BCUT2D eigenvalue weighted by Gasteiger charge is 2.18. The summed E-state index contributed by atoms with van der Waals surface area (Å²) in [4.78, 5) is 14.6. The van der Waals surface area contributed by atoms with Gasteiger partial charge in [0.1, 0.15) is 0 Å². The second-order valence-electron chi connectivity index (χ2n) is 5.21. The molecular weight excluding hydrogens is 272 g/mol. The summed E-state index contributed by atoms with van der Waals surface area (Å²) in [7, 11) is 0. The Morgan fingerprint density at radius 2 is 2.10 bits per heavy atom. The average molecular weight is 292 g/mol. The number of aromatic nitrogens is 3. The van der Waals surface area contributed by atoms with Crippen molar-refractivity contribution in [2.75, 3.05) is 25.9 Å². The number of pyridine rings is 1. The number of likely N-dealkylation sites (tertiary alicyclic amines) is 1. The van der Waals surface area contributed by atoms with Crippen molar-refractivity contribution in [1.82, 2.24) is 19.1 Å². The van der Waals surface area contributed by atoms with E-state index in [2.05, 4.69) is 16.3 Å². The maximum absolute atomic E-state index is 12.1. The average Bonchev–Trinajstić information content (AvgIpc) is 2.83. The van der Waals surface area contributed by atoms with Gasteiger partial charge in [0.05, 0.1) is 6.54 Å². The first-order valence-electron chi connectivity index (χ1n) is 7.07. The first kappa shape index (κ1) is 13.7. The van der Waals surface area contributed by atoms with E-state index >= 15 is 0 Å². The maximum Gasteiger partial charge on any atom is 0.350 e. The molecule has 108 valence electrons. The van der Waals surface area contributed by atoms with Crippen LogP contribution in [0.15, 0.2) is 29.2 Å². The van der Waals surface area contributed by atoms with Crippen LogP contribution in [0.2, 0.25) is 0 Å². The summed E-state index contributed by atoms with van der Waals surface area (Å²) in [6.45, 7) is 3.84. The van der Waals surface area contributed by atoms with Gasteiger partial charge in [-0.1, -0.05) is 6.07 Å². The van der Waals surface area contributed by atoms with E-state index in [1.54, 1.807) is 15.3 Å². The molecule has 3 rings (SSSR count). The first-order chi connectivity index (χ1) is 9.78. The number of hydrogen-bond acceptors (Lipinski definition) is 4. The Morgan fingerprint density at radius 3 is 2.80 bits per heavy atom. The molecule has 6 heteroatoms. The Kier molecular flexibility index (Phi) is 4.12. The van der Waals surface area contributed by atoms with Crippen molar-refractivity contribution >= 4 is 17.4 Å². The van der Waals surface area contributed by atoms with E-state index in [1.165, 1.54) is 12.8 Å². The Morgan fingerprint density at radius 1 is 1.30 bits per heavy atom. The van der Waals surface area contributed by atoms with E-state index in [0.717, 1.165) is 30.5 Å². The van der Waals surface area contributed by atoms with Gasteiger partial charge in [0.25, 0.3) is 0 Å². The smallest absolute Gasteiger partial charge is 0.301 e. The molecule has 0 N–H and O–H groups in total. The largest absolute Gasteiger partial charge is 0.350 e. The van der Waals surface area contributed by atoms with Crippen molar-refractivity contribution in [1.29, 1.82) is 0 Å². The summed E-state index contributed by atoms with van der Waals surface area (Å²) in [5.74, 6) is 0. The van der Waals surface area contributed by atoms with E-state index < -0.39 is 0 Å². The van der Waals surface area contributed by atoms with Crippen LogP contribution >= 0.6 is 11.8 Å². The lowest BCUT2D eigenvalue weighted by Crippen LogP contribution is -2.38. The Hall–Kier alpha value is -1.27. The van der Waals surface area contributed by atoms with Crippen LogP contribution in [0.4, 0.5) is 0 Å². The zero-order valence-corrected chi connectivity index (χ0v) is 12.6. The van der Waals surface area contributed by atoms with Crippen LogP contribution in [0.3, 0.4) is 0 Å². The number of nitrogens with zero attached hydrogens (tertiary/aromatic N) is 4. The summed E-state index contributed by atoms with van der Waals surface area (Å²) in [6.07, 6.45) is 6.46. The van der Waals surface area contributed by atoms with E-state index in [9.17, 15) is 4.79 Å². The molecular formula is C14H20N4OS. The molecule has 0 unspecified atom stereocenters. The van der Waals surface area contributed by atoms with Gasteiger partial charge < -0.3 is 4.90 Å². The quantitative estimate of drug-likeness (QED) is 0.852. The van der Waals surface area contributed by atoms with Crippen LogP contribution in [0.5, 0.6) is 0 Å². The van der Waals surface area contributed by atoms with Gasteiger partial charge in [-0.15, -0.1) is 5.10 Å². The van der Waals surface area contributed by atoms with E-state index in [1.807, 2.05) is 30.0 Å². The van der Waals surface area contributed by atoms with Gasteiger partial charge in [0.15, 0.2) is 5.65 Å². The number of piperidine rings is 1. The molecule has 1 saturated heterocycles. The third kappa shape index (κ3) is 2.76. The lowest BCUT2D eigenvalue weighted by atomic mass is 10.1. The minimum absolute atomic E-state index is 0.0420. The molecule has 0 radical (unpaired) electrons. The highest BCUT2D eigenvalue weighted by Crippen LogP contribution is 2.20. The van der Waals surface area contributed by atoms with Gasteiger partial charge in [-0.05, 0) is 44.3 Å². The zero-order valence-electron chi connectivity index (χ0n) is 11.7. The van der Waals surface area contributed by atoms with Crippen molar-refractivity contribution in [2.45, 2.75) is 24.6 Å². The fourth-order valence-corrected chi connectivity index (χ4v) is 3.40. The van der Waals surface area contributed by atoms with Crippen LogP contribution in [-0.2, 0) is 6.54 Å². The molecule has 0 aliphatic carbocycles. The Labute approximate surface area is 122 Å². The van der Waals surface area contributed by atoms with Gasteiger partial charge in [0.2, 0.25) is 0 Å². The second kappa shape index (κ2) is 6.01. The van der Waals surface area contributed by atoms with E-state index in [4.69, 9.17) is 0 Å². The zero-order chi connectivity index (χ0) is 13.9. The first-order valence-corrected chi connectivity index (χ1v) is 8.36. The molecule has 0 bridgehead atoms. The Bertz CT molecular complexity index is 627. The molecule has 0 aromatic carbocycles. The molecule has 0 spiro atoms. The predicted octanol–water partition coefficient (Wildman–Crippen LogP) is 1.32. The van der Waals surface area contributed by atoms with E-state index in [0.29, 0.717) is 6.54 Å². The fourth-order valence-electron chi connectivity index (χ4n) is 2.72. The van der Waals surface area contributed by atoms with Crippen molar-refractivity contribution in [3.63, 3.8) is 0 Å². The van der Waals surface area contributed by atoms with Crippen LogP contribution < -0.4 is 5.69 Å². The molecule has 2 aromatic heterocycles. The molecule has 0 amide bonds. The monoisotopic (exact) mass is 292 g/mol. The standard InChI is InChI=1S/C14H20N4OS/c1-20-12-5-8-16(9-6-12)10-11-18-14(19)17-7-3-2-4-13(17)15-18/h2-4,7,12H,5-6,8-11H2,1H3.